The van der Waals surface area contributed by atoms with Gasteiger partial charge in [0.15, 0.2) is 0 Å². The van der Waals surface area contributed by atoms with Gasteiger partial charge in [-0.3, -0.25) is 0 Å². The molecule has 2 aromatic rings. The van der Waals surface area contributed by atoms with Crippen LogP contribution in [0.4, 0.5) is 4.39 Å². The second-order valence-corrected chi connectivity index (χ2v) is 6.75. The van der Waals surface area contributed by atoms with Gasteiger partial charge in [0.25, 0.3) is 0 Å². The maximum atomic E-state index is 13.5. The van der Waals surface area contributed by atoms with Crippen molar-refractivity contribution in [2.45, 2.75) is 32.6 Å². The van der Waals surface area contributed by atoms with Crippen molar-refractivity contribution in [2.75, 3.05) is 13.1 Å². The van der Waals surface area contributed by atoms with E-state index < -0.39 is 0 Å². The fourth-order valence-corrected chi connectivity index (χ4v) is 3.17. The summed E-state index contributed by atoms with van der Waals surface area (Å²) in [7, 11) is 0. The van der Waals surface area contributed by atoms with Gasteiger partial charge in [-0.1, -0.05) is 26.0 Å². The highest BCUT2D eigenvalue weighted by atomic mass is 32.1. The summed E-state index contributed by atoms with van der Waals surface area (Å²) in [4.78, 5) is 0. The van der Waals surface area contributed by atoms with E-state index in [-0.39, 0.29) is 5.82 Å². The van der Waals surface area contributed by atoms with E-state index in [1.807, 2.05) is 12.1 Å². The molecule has 0 saturated heterocycles. The zero-order valence-corrected chi connectivity index (χ0v) is 13.6. The lowest BCUT2D eigenvalue weighted by Gasteiger charge is -2.19. The molecule has 0 fully saturated rings. The van der Waals surface area contributed by atoms with Gasteiger partial charge in [0.2, 0.25) is 0 Å². The molecular weight excluding hydrogens is 281 g/mol. The topological polar surface area (TPSA) is 12.0 Å². The summed E-state index contributed by atoms with van der Waals surface area (Å²) in [6.07, 6.45) is 2.10. The SMILES string of the molecule is CC(C)CNCC(CCc1ccsc1)c1cccc(F)c1. The molecule has 0 aliphatic rings. The number of nitrogens with one attached hydrogen (secondary N) is 1. The summed E-state index contributed by atoms with van der Waals surface area (Å²) in [5.74, 6) is 0.853. The first-order valence-electron chi connectivity index (χ1n) is 7.62. The lowest BCUT2D eigenvalue weighted by Crippen LogP contribution is -2.25. The van der Waals surface area contributed by atoms with E-state index >= 15 is 0 Å². The molecule has 0 aliphatic heterocycles. The molecule has 1 nitrogen and oxygen atoms in total. The van der Waals surface area contributed by atoms with E-state index in [4.69, 9.17) is 0 Å². The fourth-order valence-electron chi connectivity index (χ4n) is 2.47. The predicted molar refractivity (Wildman–Crippen MR) is 89.5 cm³/mol. The van der Waals surface area contributed by atoms with Gasteiger partial charge in [0.1, 0.15) is 5.82 Å². The molecule has 0 radical (unpaired) electrons. The Morgan fingerprint density at radius 3 is 2.71 bits per heavy atom. The largest absolute Gasteiger partial charge is 0.316 e. The van der Waals surface area contributed by atoms with Crippen molar-refractivity contribution in [3.8, 4) is 0 Å². The minimum Gasteiger partial charge on any atom is -0.316 e. The molecule has 0 saturated carbocycles. The Morgan fingerprint density at radius 2 is 2.05 bits per heavy atom. The van der Waals surface area contributed by atoms with Crippen molar-refractivity contribution in [1.29, 1.82) is 0 Å². The van der Waals surface area contributed by atoms with Crippen LogP contribution in [0.1, 0.15) is 37.3 Å². The van der Waals surface area contributed by atoms with Gasteiger partial charge in [0, 0.05) is 6.54 Å². The lowest BCUT2D eigenvalue weighted by molar-refractivity contribution is 0.498. The molecule has 1 aromatic heterocycles. The Balaban J connectivity index is 1.98. The first-order valence-corrected chi connectivity index (χ1v) is 8.56. The van der Waals surface area contributed by atoms with Crippen LogP contribution in [0, 0.1) is 11.7 Å². The van der Waals surface area contributed by atoms with Crippen molar-refractivity contribution >= 4 is 11.3 Å². The van der Waals surface area contributed by atoms with Crippen LogP contribution < -0.4 is 5.32 Å². The van der Waals surface area contributed by atoms with E-state index in [1.54, 1.807) is 17.4 Å². The molecule has 21 heavy (non-hydrogen) atoms. The van der Waals surface area contributed by atoms with Gasteiger partial charge >= 0.3 is 0 Å². The van der Waals surface area contributed by atoms with Crippen LogP contribution in [0.3, 0.4) is 0 Å². The number of benzene rings is 1. The average Bonchev–Trinajstić information content (AvgIpc) is 2.95. The van der Waals surface area contributed by atoms with Crippen LogP contribution in [0.2, 0.25) is 0 Å². The van der Waals surface area contributed by atoms with Gasteiger partial charge in [-0.25, -0.2) is 4.39 Å². The minimum atomic E-state index is -0.142. The molecule has 3 heteroatoms. The number of halogens is 1. The first kappa shape index (κ1) is 16.2. The van der Waals surface area contributed by atoms with Crippen LogP contribution in [0.5, 0.6) is 0 Å². The number of hydrogen-bond acceptors (Lipinski definition) is 2. The third-order valence-corrected chi connectivity index (χ3v) is 4.36. The fraction of sp³-hybridized carbons (Fsp3) is 0.444. The summed E-state index contributed by atoms with van der Waals surface area (Å²) in [5.41, 5.74) is 2.48. The Morgan fingerprint density at radius 1 is 1.19 bits per heavy atom. The van der Waals surface area contributed by atoms with Gasteiger partial charge in [-0.15, -0.1) is 0 Å². The minimum absolute atomic E-state index is 0.142. The second-order valence-electron chi connectivity index (χ2n) is 5.97. The van der Waals surface area contributed by atoms with Crippen molar-refractivity contribution in [2.24, 2.45) is 5.92 Å². The van der Waals surface area contributed by atoms with Gasteiger partial charge in [0.05, 0.1) is 0 Å². The molecule has 0 bridgehead atoms. The van der Waals surface area contributed by atoms with E-state index in [0.29, 0.717) is 11.8 Å². The zero-order chi connectivity index (χ0) is 15.1. The summed E-state index contributed by atoms with van der Waals surface area (Å²) < 4.78 is 13.5. The molecule has 114 valence electrons. The highest BCUT2D eigenvalue weighted by Gasteiger charge is 2.13. The molecule has 1 aromatic carbocycles. The van der Waals surface area contributed by atoms with Crippen LogP contribution in [-0.4, -0.2) is 13.1 Å². The number of rotatable bonds is 8. The number of aryl methyl sites for hydroxylation is 1. The van der Waals surface area contributed by atoms with Crippen LogP contribution in [-0.2, 0) is 6.42 Å². The molecule has 1 heterocycles. The smallest absolute Gasteiger partial charge is 0.123 e. The molecule has 2 rings (SSSR count). The molecule has 1 unspecified atom stereocenters. The third kappa shape index (κ3) is 5.60. The highest BCUT2D eigenvalue weighted by molar-refractivity contribution is 7.07. The maximum absolute atomic E-state index is 13.5. The van der Waals surface area contributed by atoms with Crippen LogP contribution >= 0.6 is 11.3 Å². The van der Waals surface area contributed by atoms with Crippen molar-refractivity contribution in [3.63, 3.8) is 0 Å². The normalized spacial score (nSPS) is 12.8. The Hall–Kier alpha value is -1.19. The second kappa shape index (κ2) is 8.30. The van der Waals surface area contributed by atoms with E-state index in [9.17, 15) is 4.39 Å². The standard InChI is InChI=1S/C18H24FNS/c1-14(2)11-20-12-17(7-6-15-8-9-21-13-15)16-4-3-5-18(19)10-16/h3-5,8-10,13-14,17,20H,6-7,11-12H2,1-2H3. The molecule has 0 amide bonds. The summed E-state index contributed by atoms with van der Waals surface area (Å²) in [6, 6.07) is 9.22. The summed E-state index contributed by atoms with van der Waals surface area (Å²) in [5, 5.41) is 7.83. The van der Waals surface area contributed by atoms with E-state index in [1.165, 1.54) is 11.6 Å². The third-order valence-electron chi connectivity index (χ3n) is 3.62. The van der Waals surface area contributed by atoms with Gasteiger partial charge < -0.3 is 5.32 Å². The molecule has 0 aliphatic carbocycles. The van der Waals surface area contributed by atoms with Gasteiger partial charge in [-0.05, 0) is 71.3 Å². The van der Waals surface area contributed by atoms with Gasteiger partial charge in [-0.2, -0.15) is 11.3 Å². The van der Waals surface area contributed by atoms with E-state index in [2.05, 4.69) is 36.0 Å². The highest BCUT2D eigenvalue weighted by Crippen LogP contribution is 2.23. The van der Waals surface area contributed by atoms with E-state index in [0.717, 1.165) is 31.5 Å². The molecular formula is C18H24FNS. The lowest BCUT2D eigenvalue weighted by atomic mass is 9.92. The van der Waals surface area contributed by atoms with Crippen LogP contribution in [0.25, 0.3) is 0 Å². The average molecular weight is 305 g/mol. The Labute approximate surface area is 131 Å². The first-order chi connectivity index (χ1) is 10.1. The molecule has 1 atom stereocenters. The quantitative estimate of drug-likeness (QED) is 0.735. The monoisotopic (exact) mass is 305 g/mol. The van der Waals surface area contributed by atoms with Crippen molar-refractivity contribution in [1.82, 2.24) is 5.32 Å². The van der Waals surface area contributed by atoms with Crippen LogP contribution in [0.15, 0.2) is 41.1 Å². The van der Waals surface area contributed by atoms with Crippen molar-refractivity contribution in [3.05, 3.63) is 58.0 Å². The summed E-state index contributed by atoms with van der Waals surface area (Å²) in [6.45, 7) is 6.32. The number of thiophene rings is 1. The molecule has 1 N–H and O–H groups in total. The predicted octanol–water partition coefficient (Wildman–Crippen LogP) is 4.85. The molecule has 0 spiro atoms. The summed E-state index contributed by atoms with van der Waals surface area (Å²) >= 11 is 1.74. The number of hydrogen-bond donors (Lipinski definition) is 1. The Kier molecular flexibility index (Phi) is 6.40. The Bertz CT molecular complexity index is 522. The van der Waals surface area contributed by atoms with Crippen molar-refractivity contribution < 1.29 is 4.39 Å². The maximum Gasteiger partial charge on any atom is 0.123 e. The zero-order valence-electron chi connectivity index (χ0n) is 12.8.